The molecule has 34 heavy (non-hydrogen) atoms. The van der Waals surface area contributed by atoms with Gasteiger partial charge < -0.3 is 4.74 Å². The van der Waals surface area contributed by atoms with Gasteiger partial charge in [0.25, 0.3) is 5.56 Å². The van der Waals surface area contributed by atoms with E-state index in [0.717, 1.165) is 39.5 Å². The van der Waals surface area contributed by atoms with E-state index >= 15 is 0 Å². The Bertz CT molecular complexity index is 1490. The highest BCUT2D eigenvalue weighted by atomic mass is 35.5. The maximum absolute atomic E-state index is 13.1. The Kier molecular flexibility index (Phi) is 6.43. The van der Waals surface area contributed by atoms with Gasteiger partial charge in [0.15, 0.2) is 0 Å². The highest BCUT2D eigenvalue weighted by molar-refractivity contribution is 7.22. The van der Waals surface area contributed by atoms with E-state index in [9.17, 15) is 22.8 Å². The van der Waals surface area contributed by atoms with Gasteiger partial charge >= 0.3 is 12.1 Å². The number of carbonyl (C=O) groups is 1. The lowest BCUT2D eigenvalue weighted by Gasteiger charge is -2.19. The minimum atomic E-state index is -4.49. The van der Waals surface area contributed by atoms with E-state index in [1.807, 2.05) is 0 Å². The van der Waals surface area contributed by atoms with Gasteiger partial charge in [0.2, 0.25) is 0 Å². The number of ether oxygens (including phenoxy) is 1. The van der Waals surface area contributed by atoms with Crippen LogP contribution >= 0.6 is 45.9 Å². The molecule has 3 aromatic heterocycles. The number of benzene rings is 1. The van der Waals surface area contributed by atoms with Gasteiger partial charge in [0, 0.05) is 5.39 Å². The molecular weight excluding hydrogens is 534 g/mol. The van der Waals surface area contributed by atoms with Crippen molar-refractivity contribution in [2.45, 2.75) is 45.5 Å². The van der Waals surface area contributed by atoms with E-state index in [1.54, 1.807) is 20.8 Å². The van der Waals surface area contributed by atoms with Crippen LogP contribution in [0, 0.1) is 0 Å². The molecule has 1 aromatic carbocycles. The fourth-order valence-electron chi connectivity index (χ4n) is 3.29. The third-order valence-electron chi connectivity index (χ3n) is 4.58. The third-order valence-corrected chi connectivity index (χ3v) is 7.21. The van der Waals surface area contributed by atoms with E-state index in [-0.39, 0.29) is 43.6 Å². The predicted octanol–water partition coefficient (Wildman–Crippen LogP) is 6.33. The van der Waals surface area contributed by atoms with Gasteiger partial charge in [-0.1, -0.05) is 23.2 Å². The van der Waals surface area contributed by atoms with Gasteiger partial charge in [-0.05, 0) is 39.0 Å². The molecule has 180 valence electrons. The zero-order valence-electron chi connectivity index (χ0n) is 17.9. The largest absolute Gasteiger partial charge is 0.460 e. The van der Waals surface area contributed by atoms with Crippen molar-refractivity contribution in [2.24, 2.45) is 0 Å². The summed E-state index contributed by atoms with van der Waals surface area (Å²) in [4.78, 5) is 29.8. The molecule has 3 heterocycles. The molecule has 0 aliphatic carbocycles. The second kappa shape index (κ2) is 8.78. The molecule has 0 radical (unpaired) electrons. The number of halogens is 5. The van der Waals surface area contributed by atoms with Crippen LogP contribution in [0.25, 0.3) is 21.0 Å². The maximum atomic E-state index is 13.1. The number of carbonyl (C=O) groups excluding carboxylic acids is 1. The number of thiophene rings is 1. The number of aromatic nitrogens is 3. The first kappa shape index (κ1) is 24.9. The van der Waals surface area contributed by atoms with Crippen molar-refractivity contribution in [1.82, 2.24) is 14.8 Å². The monoisotopic (exact) mass is 549 g/mol. The Labute approximate surface area is 208 Å². The number of hydrogen-bond donors (Lipinski definition) is 0. The van der Waals surface area contributed by atoms with Crippen molar-refractivity contribution >= 4 is 72.8 Å². The number of alkyl halides is 3. The summed E-state index contributed by atoms with van der Waals surface area (Å²) in [5, 5.41) is 5.08. The Morgan fingerprint density at radius 1 is 1.12 bits per heavy atom. The lowest BCUT2D eigenvalue weighted by Crippen LogP contribution is -2.28. The second-order valence-corrected chi connectivity index (χ2v) is 11.7. The quantitative estimate of drug-likeness (QED) is 0.278. The summed E-state index contributed by atoms with van der Waals surface area (Å²) in [6.45, 7) is 5.04. The first-order chi connectivity index (χ1) is 15.7. The number of fused-ring (bicyclic) bond motifs is 2. The van der Waals surface area contributed by atoms with Crippen LogP contribution in [0.1, 0.15) is 37.0 Å². The summed E-state index contributed by atoms with van der Waals surface area (Å²) >= 11 is 14.7. The molecule has 0 atom stereocenters. The summed E-state index contributed by atoms with van der Waals surface area (Å²) in [5.41, 5.74) is -1.72. The molecule has 0 amide bonds. The minimum Gasteiger partial charge on any atom is -0.460 e. The van der Waals surface area contributed by atoms with Gasteiger partial charge in [0.05, 0.1) is 39.8 Å². The van der Waals surface area contributed by atoms with Crippen LogP contribution in [0.4, 0.5) is 13.2 Å². The topological polar surface area (TPSA) is 74.1 Å². The molecule has 13 heteroatoms. The molecule has 0 N–H and O–H groups in total. The molecule has 0 saturated carbocycles. The third kappa shape index (κ3) is 5.07. The number of nitrogens with zero attached hydrogens (tertiary/aromatic N) is 3. The van der Waals surface area contributed by atoms with Crippen LogP contribution in [0.3, 0.4) is 0 Å². The SMILES string of the molecule is CC(C)(C)OC(=O)Cc1nn(Cc2nc3cc(C(F)(F)F)ccc3s2)c(=O)c2c(Cl)sc(Cl)c12. The van der Waals surface area contributed by atoms with E-state index in [2.05, 4.69) is 10.1 Å². The summed E-state index contributed by atoms with van der Waals surface area (Å²) < 4.78 is 46.4. The Balaban J connectivity index is 1.77. The van der Waals surface area contributed by atoms with E-state index < -0.39 is 28.9 Å². The average Bonchev–Trinajstić information content (AvgIpc) is 3.22. The molecular formula is C21H16Cl2F3N3O3S2. The highest BCUT2D eigenvalue weighted by Gasteiger charge is 2.31. The van der Waals surface area contributed by atoms with Gasteiger partial charge in [0.1, 0.15) is 19.3 Å². The average molecular weight is 550 g/mol. The Hall–Kier alpha value is -2.21. The van der Waals surface area contributed by atoms with Crippen LogP contribution in [0.2, 0.25) is 8.67 Å². The zero-order valence-corrected chi connectivity index (χ0v) is 21.1. The highest BCUT2D eigenvalue weighted by Crippen LogP contribution is 2.38. The van der Waals surface area contributed by atoms with Crippen LogP contribution < -0.4 is 5.56 Å². The first-order valence-electron chi connectivity index (χ1n) is 9.79. The number of hydrogen-bond acceptors (Lipinski definition) is 7. The smallest absolute Gasteiger partial charge is 0.416 e. The molecule has 0 aliphatic heterocycles. The van der Waals surface area contributed by atoms with Gasteiger partial charge in [-0.25, -0.2) is 9.67 Å². The molecule has 6 nitrogen and oxygen atoms in total. The normalized spacial score (nSPS) is 12.6. The van der Waals surface area contributed by atoms with Gasteiger partial charge in [-0.15, -0.1) is 22.7 Å². The van der Waals surface area contributed by atoms with E-state index in [4.69, 9.17) is 27.9 Å². The lowest BCUT2D eigenvalue weighted by atomic mass is 10.1. The summed E-state index contributed by atoms with van der Waals surface area (Å²) in [5.74, 6) is -0.565. The molecule has 0 bridgehead atoms. The van der Waals surface area contributed by atoms with Crippen LogP contribution in [0.15, 0.2) is 23.0 Å². The van der Waals surface area contributed by atoms with Crippen LogP contribution in [-0.4, -0.2) is 26.3 Å². The van der Waals surface area contributed by atoms with E-state index in [1.165, 1.54) is 6.07 Å². The first-order valence-corrected chi connectivity index (χ1v) is 12.2. The van der Waals surface area contributed by atoms with Crippen LogP contribution in [0.5, 0.6) is 0 Å². The molecule has 4 rings (SSSR count). The number of thiazole rings is 1. The maximum Gasteiger partial charge on any atom is 0.416 e. The van der Waals surface area contributed by atoms with Crippen molar-refractivity contribution in [3.63, 3.8) is 0 Å². The van der Waals surface area contributed by atoms with Crippen molar-refractivity contribution in [3.8, 4) is 0 Å². The van der Waals surface area contributed by atoms with Gasteiger partial charge in [-0.3, -0.25) is 9.59 Å². The molecule has 4 aromatic rings. The molecule has 0 unspecified atom stereocenters. The fraction of sp³-hybridized carbons (Fsp3) is 0.333. The Morgan fingerprint density at radius 2 is 1.79 bits per heavy atom. The van der Waals surface area contributed by atoms with Crippen molar-refractivity contribution < 1.29 is 22.7 Å². The lowest BCUT2D eigenvalue weighted by molar-refractivity contribution is -0.154. The summed E-state index contributed by atoms with van der Waals surface area (Å²) in [6, 6.07) is 3.27. The van der Waals surface area contributed by atoms with Gasteiger partial charge in [-0.2, -0.15) is 18.3 Å². The zero-order chi connectivity index (χ0) is 25.0. The number of esters is 1. The van der Waals surface area contributed by atoms with Crippen molar-refractivity contribution in [2.75, 3.05) is 0 Å². The molecule has 0 saturated heterocycles. The standard InChI is InChI=1S/C21H16Cl2F3N3O3S2/c1-20(2,3)32-14(30)7-11-15-16(18(23)34-17(15)22)19(31)29(28-11)8-13-27-10-6-9(21(24,25)26)4-5-12(10)33-13/h4-6H,7-8H2,1-3H3. The molecule has 0 spiro atoms. The minimum absolute atomic E-state index is 0.116. The Morgan fingerprint density at radius 3 is 2.44 bits per heavy atom. The predicted molar refractivity (Wildman–Crippen MR) is 127 cm³/mol. The molecule has 0 aliphatic rings. The second-order valence-electron chi connectivity index (χ2n) is 8.36. The molecule has 0 fully saturated rings. The summed E-state index contributed by atoms with van der Waals surface area (Å²) in [6.07, 6.45) is -4.75. The van der Waals surface area contributed by atoms with Crippen LogP contribution in [-0.2, 0) is 28.7 Å². The number of rotatable bonds is 4. The fourth-order valence-corrected chi connectivity index (χ4v) is 5.95. The summed E-state index contributed by atoms with van der Waals surface area (Å²) in [7, 11) is 0. The van der Waals surface area contributed by atoms with Crippen molar-refractivity contribution in [1.29, 1.82) is 0 Å². The van der Waals surface area contributed by atoms with Crippen molar-refractivity contribution in [3.05, 3.63) is 53.5 Å². The van der Waals surface area contributed by atoms with E-state index in [0.29, 0.717) is 9.71 Å².